The number of aromatic hydroxyl groups is 1. The van der Waals surface area contributed by atoms with Crippen LogP contribution in [0, 0.1) is 0 Å². The SMILES string of the molecule is CCCOc1cccc(C(=O)N(C)c2ccc(OC)c(O)c2)c1. The molecule has 0 radical (unpaired) electrons. The Hall–Kier alpha value is -2.69. The maximum Gasteiger partial charge on any atom is 0.258 e. The summed E-state index contributed by atoms with van der Waals surface area (Å²) in [4.78, 5) is 14.1. The van der Waals surface area contributed by atoms with E-state index in [2.05, 4.69) is 0 Å². The number of hydrogen-bond donors (Lipinski definition) is 1. The first-order valence-corrected chi connectivity index (χ1v) is 7.44. The molecule has 0 aliphatic rings. The van der Waals surface area contributed by atoms with E-state index in [1.807, 2.05) is 13.0 Å². The van der Waals surface area contributed by atoms with E-state index in [-0.39, 0.29) is 11.7 Å². The van der Waals surface area contributed by atoms with Gasteiger partial charge in [-0.25, -0.2) is 0 Å². The molecule has 0 saturated heterocycles. The van der Waals surface area contributed by atoms with Crippen LogP contribution in [0.3, 0.4) is 0 Å². The Morgan fingerprint density at radius 1 is 1.22 bits per heavy atom. The molecular weight excluding hydrogens is 294 g/mol. The Morgan fingerprint density at radius 2 is 2.00 bits per heavy atom. The molecule has 2 aromatic carbocycles. The van der Waals surface area contributed by atoms with Crippen molar-refractivity contribution in [1.82, 2.24) is 0 Å². The van der Waals surface area contributed by atoms with Crippen molar-refractivity contribution in [3.05, 3.63) is 48.0 Å². The van der Waals surface area contributed by atoms with Crippen molar-refractivity contribution in [3.63, 3.8) is 0 Å². The fourth-order valence-electron chi connectivity index (χ4n) is 2.14. The van der Waals surface area contributed by atoms with Gasteiger partial charge in [-0.3, -0.25) is 4.79 Å². The summed E-state index contributed by atoms with van der Waals surface area (Å²) in [6.07, 6.45) is 0.906. The van der Waals surface area contributed by atoms with Gasteiger partial charge in [0.25, 0.3) is 5.91 Å². The lowest BCUT2D eigenvalue weighted by atomic mass is 10.1. The van der Waals surface area contributed by atoms with E-state index in [1.54, 1.807) is 37.4 Å². The van der Waals surface area contributed by atoms with E-state index in [0.717, 1.165) is 6.42 Å². The smallest absolute Gasteiger partial charge is 0.258 e. The molecule has 2 rings (SSSR count). The second-order valence-electron chi connectivity index (χ2n) is 5.10. The van der Waals surface area contributed by atoms with Gasteiger partial charge in [-0.15, -0.1) is 0 Å². The fourth-order valence-corrected chi connectivity index (χ4v) is 2.14. The molecule has 122 valence electrons. The first-order valence-electron chi connectivity index (χ1n) is 7.44. The first kappa shape index (κ1) is 16.7. The number of nitrogens with zero attached hydrogens (tertiary/aromatic N) is 1. The molecule has 0 aliphatic carbocycles. The minimum absolute atomic E-state index is 0.00956. The molecule has 0 saturated carbocycles. The third-order valence-corrected chi connectivity index (χ3v) is 3.41. The van der Waals surface area contributed by atoms with Gasteiger partial charge in [-0.2, -0.15) is 0 Å². The first-order chi connectivity index (χ1) is 11.1. The summed E-state index contributed by atoms with van der Waals surface area (Å²) in [6.45, 7) is 2.64. The van der Waals surface area contributed by atoms with Crippen LogP contribution in [0.4, 0.5) is 5.69 Å². The third-order valence-electron chi connectivity index (χ3n) is 3.41. The number of methoxy groups -OCH3 is 1. The average molecular weight is 315 g/mol. The van der Waals surface area contributed by atoms with Gasteiger partial charge in [-0.05, 0) is 36.8 Å². The van der Waals surface area contributed by atoms with Crippen LogP contribution >= 0.6 is 0 Å². The van der Waals surface area contributed by atoms with Crippen LogP contribution in [-0.4, -0.2) is 31.8 Å². The highest BCUT2D eigenvalue weighted by molar-refractivity contribution is 6.06. The Morgan fingerprint density at radius 3 is 2.65 bits per heavy atom. The predicted molar refractivity (Wildman–Crippen MR) is 89.6 cm³/mol. The Kier molecular flexibility index (Phi) is 5.46. The summed E-state index contributed by atoms with van der Waals surface area (Å²) in [5.41, 5.74) is 1.10. The van der Waals surface area contributed by atoms with Crippen molar-refractivity contribution >= 4 is 11.6 Å². The van der Waals surface area contributed by atoms with Gasteiger partial charge in [0.1, 0.15) is 5.75 Å². The van der Waals surface area contributed by atoms with Gasteiger partial charge >= 0.3 is 0 Å². The van der Waals surface area contributed by atoms with Crippen molar-refractivity contribution in [2.75, 3.05) is 25.7 Å². The number of carbonyl (C=O) groups excluding carboxylic acids is 1. The van der Waals surface area contributed by atoms with Crippen LogP contribution in [0.1, 0.15) is 23.7 Å². The summed E-state index contributed by atoms with van der Waals surface area (Å²) in [5.74, 6) is 0.842. The third kappa shape index (κ3) is 3.94. The zero-order valence-electron chi connectivity index (χ0n) is 13.6. The summed E-state index contributed by atoms with van der Waals surface area (Å²) in [7, 11) is 3.13. The normalized spacial score (nSPS) is 10.2. The lowest BCUT2D eigenvalue weighted by molar-refractivity contribution is 0.0992. The minimum atomic E-state index is -0.184. The maximum atomic E-state index is 12.6. The van der Waals surface area contributed by atoms with Crippen molar-refractivity contribution < 1.29 is 19.4 Å². The average Bonchev–Trinajstić information content (AvgIpc) is 2.58. The van der Waals surface area contributed by atoms with Crippen LogP contribution in [0.25, 0.3) is 0 Å². The molecule has 5 heteroatoms. The number of ether oxygens (including phenoxy) is 2. The van der Waals surface area contributed by atoms with Gasteiger partial charge in [0.15, 0.2) is 11.5 Å². The molecule has 0 bridgehead atoms. The van der Waals surface area contributed by atoms with Gasteiger partial charge in [0.2, 0.25) is 0 Å². The van der Waals surface area contributed by atoms with Gasteiger partial charge in [-0.1, -0.05) is 13.0 Å². The van der Waals surface area contributed by atoms with Gasteiger partial charge in [0.05, 0.1) is 13.7 Å². The number of benzene rings is 2. The molecule has 0 fully saturated rings. The van der Waals surface area contributed by atoms with E-state index in [0.29, 0.717) is 29.4 Å². The molecular formula is C18H21NO4. The summed E-state index contributed by atoms with van der Waals surface area (Å²) in [6, 6.07) is 11.9. The summed E-state index contributed by atoms with van der Waals surface area (Å²) in [5, 5.41) is 9.85. The van der Waals surface area contributed by atoms with Gasteiger partial charge in [0, 0.05) is 24.4 Å². The molecule has 1 amide bonds. The van der Waals surface area contributed by atoms with Crippen LogP contribution < -0.4 is 14.4 Å². The number of hydrogen-bond acceptors (Lipinski definition) is 4. The van der Waals surface area contributed by atoms with E-state index in [1.165, 1.54) is 18.1 Å². The molecule has 0 aromatic heterocycles. The Bertz CT molecular complexity index is 684. The number of anilines is 1. The van der Waals surface area contributed by atoms with E-state index in [4.69, 9.17) is 9.47 Å². The molecule has 0 atom stereocenters. The molecule has 0 heterocycles. The number of amides is 1. The molecule has 0 spiro atoms. The molecule has 23 heavy (non-hydrogen) atoms. The quantitative estimate of drug-likeness (QED) is 0.887. The van der Waals surface area contributed by atoms with E-state index >= 15 is 0 Å². The second-order valence-corrected chi connectivity index (χ2v) is 5.10. The highest BCUT2D eigenvalue weighted by Gasteiger charge is 2.15. The maximum absolute atomic E-state index is 12.6. The van der Waals surface area contributed by atoms with Gasteiger partial charge < -0.3 is 19.5 Å². The van der Waals surface area contributed by atoms with Crippen LogP contribution in [0.15, 0.2) is 42.5 Å². The number of carbonyl (C=O) groups is 1. The summed E-state index contributed by atoms with van der Waals surface area (Å²) >= 11 is 0. The highest BCUT2D eigenvalue weighted by atomic mass is 16.5. The van der Waals surface area contributed by atoms with Crippen LogP contribution in [0.2, 0.25) is 0 Å². The number of phenols is 1. The number of rotatable bonds is 6. The molecule has 0 aliphatic heterocycles. The molecule has 5 nitrogen and oxygen atoms in total. The Balaban J connectivity index is 2.20. The predicted octanol–water partition coefficient (Wildman–Crippen LogP) is 3.47. The zero-order valence-corrected chi connectivity index (χ0v) is 13.6. The highest BCUT2D eigenvalue weighted by Crippen LogP contribution is 2.30. The van der Waals surface area contributed by atoms with E-state index < -0.39 is 0 Å². The Labute approximate surface area is 136 Å². The van der Waals surface area contributed by atoms with Crippen molar-refractivity contribution in [1.29, 1.82) is 0 Å². The van der Waals surface area contributed by atoms with Crippen molar-refractivity contribution in [2.24, 2.45) is 0 Å². The zero-order chi connectivity index (χ0) is 16.8. The molecule has 1 N–H and O–H groups in total. The lowest BCUT2D eigenvalue weighted by Crippen LogP contribution is -2.26. The van der Waals surface area contributed by atoms with E-state index in [9.17, 15) is 9.90 Å². The molecule has 2 aromatic rings. The largest absolute Gasteiger partial charge is 0.504 e. The minimum Gasteiger partial charge on any atom is -0.504 e. The topological polar surface area (TPSA) is 59.0 Å². The summed E-state index contributed by atoms with van der Waals surface area (Å²) < 4.78 is 10.6. The second kappa shape index (κ2) is 7.54. The van der Waals surface area contributed by atoms with Crippen molar-refractivity contribution in [3.8, 4) is 17.2 Å². The number of phenolic OH excluding ortho intramolecular Hbond substituents is 1. The van der Waals surface area contributed by atoms with Crippen LogP contribution in [-0.2, 0) is 0 Å². The monoisotopic (exact) mass is 315 g/mol. The standard InChI is InChI=1S/C18H21NO4/c1-4-10-23-15-7-5-6-13(11-15)18(21)19(2)14-8-9-17(22-3)16(20)12-14/h5-9,11-12,20H,4,10H2,1-3H3. The molecule has 0 unspecified atom stereocenters. The lowest BCUT2D eigenvalue weighted by Gasteiger charge is -2.18. The fraction of sp³-hybridized carbons (Fsp3) is 0.278. The van der Waals surface area contributed by atoms with Crippen molar-refractivity contribution in [2.45, 2.75) is 13.3 Å². The van der Waals surface area contributed by atoms with Crippen LogP contribution in [0.5, 0.6) is 17.2 Å².